The first-order chi connectivity index (χ1) is 18.9. The van der Waals surface area contributed by atoms with E-state index in [-0.39, 0.29) is 23.8 Å². The van der Waals surface area contributed by atoms with Gasteiger partial charge in [-0.25, -0.2) is 17.9 Å². The zero-order valence-electron chi connectivity index (χ0n) is 22.5. The Morgan fingerprint density at radius 3 is 2.15 bits per heavy atom. The second kappa shape index (κ2) is 13.8. The quantitative estimate of drug-likeness (QED) is 0.232. The van der Waals surface area contributed by atoms with Crippen LogP contribution in [0.2, 0.25) is 0 Å². The molecule has 0 heterocycles. The molecule has 0 aliphatic heterocycles. The number of nitrogens with one attached hydrogen (secondary N) is 1. The highest BCUT2D eigenvalue weighted by molar-refractivity contribution is 8.00. The molecule has 40 heavy (non-hydrogen) atoms. The first-order valence-electron chi connectivity index (χ1n) is 12.6. The molecule has 2 atom stereocenters. The highest BCUT2D eigenvalue weighted by Crippen LogP contribution is 2.32. The largest absolute Gasteiger partial charge is 0.465 e. The van der Waals surface area contributed by atoms with Gasteiger partial charge >= 0.3 is 6.09 Å². The summed E-state index contributed by atoms with van der Waals surface area (Å²) >= 11 is 1.45. The highest BCUT2D eigenvalue weighted by Gasteiger charge is 2.26. The van der Waals surface area contributed by atoms with E-state index in [1.807, 2.05) is 48.9 Å². The van der Waals surface area contributed by atoms with Crippen LogP contribution in [-0.4, -0.2) is 71.3 Å². The number of hydrogen-bond donors (Lipinski definition) is 4. The van der Waals surface area contributed by atoms with Gasteiger partial charge in [0.2, 0.25) is 10.0 Å². The Kier molecular flexibility index (Phi) is 10.7. The van der Waals surface area contributed by atoms with Gasteiger partial charge in [0, 0.05) is 10.1 Å². The van der Waals surface area contributed by atoms with Crippen LogP contribution < -0.4 is 4.72 Å². The van der Waals surface area contributed by atoms with Crippen LogP contribution in [0.3, 0.4) is 0 Å². The normalized spacial score (nSPS) is 13.1. The predicted molar refractivity (Wildman–Crippen MR) is 156 cm³/mol. The lowest BCUT2D eigenvalue weighted by Crippen LogP contribution is -2.45. The molecule has 0 radical (unpaired) electrons. The summed E-state index contributed by atoms with van der Waals surface area (Å²) in [5.41, 5.74) is 3.32. The third-order valence-electron chi connectivity index (χ3n) is 6.08. The lowest BCUT2D eigenvalue weighted by atomic mass is 9.99. The van der Waals surface area contributed by atoms with Crippen LogP contribution >= 0.6 is 11.8 Å². The van der Waals surface area contributed by atoms with Crippen molar-refractivity contribution in [1.29, 1.82) is 0 Å². The van der Waals surface area contributed by atoms with Gasteiger partial charge in [-0.3, -0.25) is 9.69 Å². The monoisotopic (exact) mass is 586 g/mol. The maximum atomic E-state index is 12.6. The molecule has 0 aromatic heterocycles. The molecule has 0 saturated carbocycles. The molecule has 0 aliphatic rings. The summed E-state index contributed by atoms with van der Waals surface area (Å²) in [6.07, 6.45) is -1.10. The Labute approximate surface area is 238 Å². The van der Waals surface area contributed by atoms with Gasteiger partial charge in [-0.05, 0) is 40.8 Å². The first kappa shape index (κ1) is 31.2. The number of aliphatic hydroxyl groups excluding tert-OH is 2. The van der Waals surface area contributed by atoms with Crippen molar-refractivity contribution in [3.8, 4) is 11.1 Å². The number of hydrogen-bond acceptors (Lipinski definition) is 7. The molecule has 0 bridgehead atoms. The van der Waals surface area contributed by atoms with Crippen LogP contribution in [0.1, 0.15) is 41.4 Å². The molecule has 214 valence electrons. The summed E-state index contributed by atoms with van der Waals surface area (Å²) in [6.45, 7) is 3.35. The average Bonchev–Trinajstić information content (AvgIpc) is 2.89. The summed E-state index contributed by atoms with van der Waals surface area (Å²) in [5, 5.41) is 30.5. The summed E-state index contributed by atoms with van der Waals surface area (Å²) in [4.78, 5) is 26.2. The number of sulfonamides is 1. The molecule has 3 aromatic rings. The van der Waals surface area contributed by atoms with Crippen molar-refractivity contribution in [2.24, 2.45) is 0 Å². The van der Waals surface area contributed by atoms with Crippen LogP contribution in [0.4, 0.5) is 4.79 Å². The van der Waals surface area contributed by atoms with Gasteiger partial charge < -0.3 is 15.3 Å². The van der Waals surface area contributed by atoms with Gasteiger partial charge in [-0.15, -0.1) is 11.8 Å². The zero-order valence-corrected chi connectivity index (χ0v) is 24.2. The fraction of sp³-hybridized carbons (Fsp3) is 0.310. The van der Waals surface area contributed by atoms with Crippen LogP contribution in [0.15, 0.2) is 77.7 Å². The minimum absolute atomic E-state index is 0.149. The van der Waals surface area contributed by atoms with E-state index in [2.05, 4.69) is 0 Å². The van der Waals surface area contributed by atoms with E-state index in [0.717, 1.165) is 27.8 Å². The van der Waals surface area contributed by atoms with E-state index >= 15 is 0 Å². The molecule has 0 unspecified atom stereocenters. The zero-order chi connectivity index (χ0) is 29.4. The standard InChI is InChI=1S/C29H34N2O7S2/c1-19(2)39-27-16-23(13-14-25(27)28(34)30-40(3,37)38)21-11-9-20(10-12-21)15-24(18-32)31(29(35)36)17-26(33)22-7-5-4-6-8-22/h4-14,16,19,24,26,32-33H,15,17-18H2,1-3H3,(H,30,34)(H,35,36)/t24-,26-/m0/s1. The van der Waals surface area contributed by atoms with Crippen molar-refractivity contribution in [3.05, 3.63) is 89.5 Å². The lowest BCUT2D eigenvalue weighted by Gasteiger charge is -2.30. The van der Waals surface area contributed by atoms with Gasteiger partial charge in [0.05, 0.1) is 37.1 Å². The van der Waals surface area contributed by atoms with Gasteiger partial charge in [0.25, 0.3) is 5.91 Å². The van der Waals surface area contributed by atoms with Crippen LogP contribution in [0.5, 0.6) is 0 Å². The SMILES string of the molecule is CC(C)Sc1cc(-c2ccc(C[C@@H](CO)N(C[C@H](O)c3ccccc3)C(=O)O)cc2)ccc1C(=O)NS(C)(=O)=O. The van der Waals surface area contributed by atoms with Crippen molar-refractivity contribution < 1.29 is 33.3 Å². The van der Waals surface area contributed by atoms with Crippen molar-refractivity contribution in [2.75, 3.05) is 19.4 Å². The van der Waals surface area contributed by atoms with E-state index < -0.39 is 40.8 Å². The highest BCUT2D eigenvalue weighted by atomic mass is 32.2. The third kappa shape index (κ3) is 8.82. The fourth-order valence-corrected chi connectivity index (χ4v) is 5.63. The minimum Gasteiger partial charge on any atom is -0.465 e. The summed E-state index contributed by atoms with van der Waals surface area (Å²) in [6, 6.07) is 20.6. The predicted octanol–water partition coefficient (Wildman–Crippen LogP) is 4.16. The van der Waals surface area contributed by atoms with E-state index in [9.17, 15) is 33.3 Å². The molecule has 0 aliphatic carbocycles. The Balaban J connectivity index is 1.80. The number of amides is 2. The number of carbonyl (C=O) groups is 2. The third-order valence-corrected chi connectivity index (χ3v) is 7.70. The molecule has 0 saturated heterocycles. The number of nitrogens with zero attached hydrogens (tertiary/aromatic N) is 1. The van der Waals surface area contributed by atoms with Crippen molar-refractivity contribution in [1.82, 2.24) is 9.62 Å². The molecule has 9 nitrogen and oxygen atoms in total. The summed E-state index contributed by atoms with van der Waals surface area (Å²) < 4.78 is 25.1. The number of carbonyl (C=O) groups excluding carboxylic acids is 1. The smallest absolute Gasteiger partial charge is 0.407 e. The van der Waals surface area contributed by atoms with Crippen LogP contribution in [0.25, 0.3) is 11.1 Å². The van der Waals surface area contributed by atoms with Crippen LogP contribution in [0, 0.1) is 0 Å². The Morgan fingerprint density at radius 1 is 0.975 bits per heavy atom. The van der Waals surface area contributed by atoms with Crippen molar-refractivity contribution in [3.63, 3.8) is 0 Å². The number of aliphatic hydroxyl groups is 2. The number of rotatable bonds is 12. The molecule has 4 N–H and O–H groups in total. The lowest BCUT2D eigenvalue weighted by molar-refractivity contribution is 0.0582. The second-order valence-electron chi connectivity index (χ2n) is 9.68. The Morgan fingerprint density at radius 2 is 1.60 bits per heavy atom. The number of thioether (sulfide) groups is 1. The number of benzene rings is 3. The molecular formula is C29H34N2O7S2. The van der Waals surface area contributed by atoms with Crippen LogP contribution in [-0.2, 0) is 16.4 Å². The summed E-state index contributed by atoms with van der Waals surface area (Å²) in [7, 11) is -3.71. The van der Waals surface area contributed by atoms with Crippen molar-refractivity contribution >= 4 is 33.8 Å². The molecular weight excluding hydrogens is 552 g/mol. The molecule has 2 amide bonds. The molecule has 3 aromatic carbocycles. The molecule has 0 spiro atoms. The van der Waals surface area contributed by atoms with Gasteiger partial charge in [-0.1, -0.05) is 74.5 Å². The Bertz CT molecular complexity index is 1410. The fourth-order valence-electron chi connectivity index (χ4n) is 4.19. The molecule has 3 rings (SSSR count). The maximum absolute atomic E-state index is 12.6. The van der Waals surface area contributed by atoms with E-state index in [0.29, 0.717) is 10.5 Å². The summed E-state index contributed by atoms with van der Waals surface area (Å²) in [5.74, 6) is -0.692. The second-order valence-corrected chi connectivity index (χ2v) is 13.0. The number of carboxylic acid groups (broad SMARTS) is 1. The van der Waals surface area contributed by atoms with Crippen molar-refractivity contribution in [2.45, 2.75) is 42.6 Å². The van der Waals surface area contributed by atoms with Gasteiger partial charge in [-0.2, -0.15) is 0 Å². The van der Waals surface area contributed by atoms with Gasteiger partial charge in [0.1, 0.15) is 0 Å². The van der Waals surface area contributed by atoms with Gasteiger partial charge in [0.15, 0.2) is 0 Å². The molecule has 11 heteroatoms. The first-order valence-corrected chi connectivity index (χ1v) is 15.4. The topological polar surface area (TPSA) is 144 Å². The van der Waals surface area contributed by atoms with E-state index in [1.165, 1.54) is 11.8 Å². The van der Waals surface area contributed by atoms with E-state index in [1.54, 1.807) is 42.5 Å². The maximum Gasteiger partial charge on any atom is 0.407 e. The Hall–Kier alpha value is -3.38. The minimum atomic E-state index is -3.71. The molecule has 0 fully saturated rings. The average molecular weight is 587 g/mol. The van der Waals surface area contributed by atoms with E-state index in [4.69, 9.17) is 0 Å².